The third-order valence-corrected chi connectivity index (χ3v) is 3.63. The molecule has 24 heavy (non-hydrogen) atoms. The summed E-state index contributed by atoms with van der Waals surface area (Å²) in [5, 5.41) is 5.54. The van der Waals surface area contributed by atoms with Crippen LogP contribution in [0.1, 0.15) is 13.8 Å². The van der Waals surface area contributed by atoms with Gasteiger partial charge in [-0.15, -0.1) is 0 Å². The van der Waals surface area contributed by atoms with Gasteiger partial charge in [0.25, 0.3) is 0 Å². The molecule has 0 radical (unpaired) electrons. The number of benzene rings is 2. The molecule has 2 aromatic rings. The van der Waals surface area contributed by atoms with Crippen molar-refractivity contribution in [1.82, 2.24) is 5.32 Å². The summed E-state index contributed by atoms with van der Waals surface area (Å²) in [4.78, 5) is 12.0. The van der Waals surface area contributed by atoms with Crippen LogP contribution >= 0.6 is 15.9 Å². The van der Waals surface area contributed by atoms with E-state index in [1.54, 1.807) is 6.07 Å². The van der Waals surface area contributed by atoms with E-state index in [2.05, 4.69) is 26.6 Å². The number of hydrogen-bond acceptors (Lipinski definition) is 3. The summed E-state index contributed by atoms with van der Waals surface area (Å²) >= 11 is 3.41. The summed E-state index contributed by atoms with van der Waals surface area (Å²) in [6.45, 7) is 4.65. The predicted octanol–water partition coefficient (Wildman–Crippen LogP) is 4.44. The van der Waals surface area contributed by atoms with Gasteiger partial charge in [-0.2, -0.15) is 0 Å². The Bertz CT molecular complexity index is 677. The molecule has 0 heterocycles. The molecule has 0 spiro atoms. The van der Waals surface area contributed by atoms with Crippen LogP contribution in [0.15, 0.2) is 53.0 Å². The van der Waals surface area contributed by atoms with Gasteiger partial charge >= 0.3 is 6.03 Å². The van der Waals surface area contributed by atoms with Crippen LogP contribution in [0.2, 0.25) is 0 Å². The zero-order valence-corrected chi connectivity index (χ0v) is 15.3. The molecule has 0 saturated carbocycles. The van der Waals surface area contributed by atoms with Crippen molar-refractivity contribution in [3.05, 3.63) is 53.0 Å². The minimum Gasteiger partial charge on any atom is -0.491 e. The standard InChI is InChI=1S/C18H21BrN2O3/c1-13(2)24-17-10-6-4-8-15(17)21-18(22)20-11-12-23-16-9-5-3-7-14(16)19/h3-10,13H,11-12H2,1-2H3,(H2,20,21,22). The van der Waals surface area contributed by atoms with E-state index in [0.29, 0.717) is 24.6 Å². The number of nitrogens with one attached hydrogen (secondary N) is 2. The molecule has 2 rings (SSSR count). The Morgan fingerprint density at radius 1 is 1.08 bits per heavy atom. The van der Waals surface area contributed by atoms with E-state index in [1.165, 1.54) is 0 Å². The maximum Gasteiger partial charge on any atom is 0.319 e. The Hall–Kier alpha value is -2.21. The number of carbonyl (C=O) groups is 1. The highest BCUT2D eigenvalue weighted by Gasteiger charge is 2.08. The lowest BCUT2D eigenvalue weighted by Crippen LogP contribution is -2.32. The first-order valence-electron chi connectivity index (χ1n) is 7.74. The van der Waals surface area contributed by atoms with Crippen LogP contribution < -0.4 is 20.1 Å². The van der Waals surface area contributed by atoms with Gasteiger partial charge in [-0.25, -0.2) is 4.79 Å². The molecule has 0 aromatic heterocycles. The van der Waals surface area contributed by atoms with Crippen LogP contribution in [0.4, 0.5) is 10.5 Å². The molecule has 6 heteroatoms. The Morgan fingerprint density at radius 3 is 2.46 bits per heavy atom. The maximum absolute atomic E-state index is 12.0. The second-order valence-corrected chi connectivity index (χ2v) is 6.18. The first-order valence-corrected chi connectivity index (χ1v) is 8.53. The molecule has 128 valence electrons. The number of halogens is 1. The Morgan fingerprint density at radius 2 is 1.75 bits per heavy atom. The van der Waals surface area contributed by atoms with Crippen molar-refractivity contribution in [3.8, 4) is 11.5 Å². The summed E-state index contributed by atoms with van der Waals surface area (Å²) in [6.07, 6.45) is 0.0359. The SMILES string of the molecule is CC(C)Oc1ccccc1NC(=O)NCCOc1ccccc1Br. The highest BCUT2D eigenvalue weighted by atomic mass is 79.9. The van der Waals surface area contributed by atoms with Gasteiger partial charge in [0.15, 0.2) is 0 Å². The molecular weight excluding hydrogens is 372 g/mol. The molecule has 2 N–H and O–H groups in total. The van der Waals surface area contributed by atoms with Crippen LogP contribution in [0.5, 0.6) is 11.5 Å². The molecule has 0 fully saturated rings. The van der Waals surface area contributed by atoms with Gasteiger partial charge in [-0.05, 0) is 54.0 Å². The normalized spacial score (nSPS) is 10.3. The minimum atomic E-state index is -0.300. The highest BCUT2D eigenvalue weighted by Crippen LogP contribution is 2.25. The second kappa shape index (κ2) is 9.17. The molecule has 2 aromatic carbocycles. The van der Waals surface area contributed by atoms with E-state index < -0.39 is 0 Å². The second-order valence-electron chi connectivity index (χ2n) is 5.32. The van der Waals surface area contributed by atoms with E-state index in [1.807, 2.05) is 56.3 Å². The summed E-state index contributed by atoms with van der Waals surface area (Å²) in [7, 11) is 0. The molecule has 5 nitrogen and oxygen atoms in total. The Balaban J connectivity index is 1.79. The lowest BCUT2D eigenvalue weighted by molar-refractivity contribution is 0.240. The number of urea groups is 1. The van der Waals surface area contributed by atoms with Crippen LogP contribution in [-0.2, 0) is 0 Å². The van der Waals surface area contributed by atoms with Gasteiger partial charge in [0.05, 0.1) is 22.8 Å². The van der Waals surface area contributed by atoms with E-state index in [-0.39, 0.29) is 12.1 Å². The van der Waals surface area contributed by atoms with E-state index >= 15 is 0 Å². The molecule has 0 unspecified atom stereocenters. The van der Waals surface area contributed by atoms with Gasteiger partial charge in [0.2, 0.25) is 0 Å². The minimum absolute atomic E-state index is 0.0359. The quantitative estimate of drug-likeness (QED) is 0.684. The average Bonchev–Trinajstić information content (AvgIpc) is 2.54. The van der Waals surface area contributed by atoms with Crippen molar-refractivity contribution in [1.29, 1.82) is 0 Å². The lowest BCUT2D eigenvalue weighted by atomic mass is 10.3. The van der Waals surface area contributed by atoms with Gasteiger partial charge in [0.1, 0.15) is 18.1 Å². The number of para-hydroxylation sites is 3. The van der Waals surface area contributed by atoms with Crippen LogP contribution in [0, 0.1) is 0 Å². The topological polar surface area (TPSA) is 59.6 Å². The molecule has 0 bridgehead atoms. The number of ether oxygens (including phenoxy) is 2. The van der Waals surface area contributed by atoms with E-state index in [0.717, 1.165) is 10.2 Å². The fraction of sp³-hybridized carbons (Fsp3) is 0.278. The largest absolute Gasteiger partial charge is 0.491 e. The first-order chi connectivity index (χ1) is 11.6. The Labute approximate surface area is 150 Å². The fourth-order valence-corrected chi connectivity index (χ4v) is 2.38. The first kappa shape index (κ1) is 18.1. The predicted molar refractivity (Wildman–Crippen MR) is 98.9 cm³/mol. The molecule has 0 atom stereocenters. The van der Waals surface area contributed by atoms with Crippen molar-refractivity contribution in [2.24, 2.45) is 0 Å². The summed E-state index contributed by atoms with van der Waals surface area (Å²) in [6, 6.07) is 14.6. The van der Waals surface area contributed by atoms with Crippen molar-refractivity contribution in [2.75, 3.05) is 18.5 Å². The van der Waals surface area contributed by atoms with Gasteiger partial charge < -0.3 is 20.1 Å². The molecule has 0 aliphatic rings. The molecule has 0 saturated heterocycles. The zero-order valence-electron chi connectivity index (χ0n) is 13.7. The summed E-state index contributed by atoms with van der Waals surface area (Å²) in [5.74, 6) is 1.39. The summed E-state index contributed by atoms with van der Waals surface area (Å²) < 4.78 is 12.2. The highest BCUT2D eigenvalue weighted by molar-refractivity contribution is 9.10. The lowest BCUT2D eigenvalue weighted by Gasteiger charge is -2.15. The van der Waals surface area contributed by atoms with Gasteiger partial charge in [-0.3, -0.25) is 0 Å². The van der Waals surface area contributed by atoms with Gasteiger partial charge in [0, 0.05) is 0 Å². The number of hydrogen-bond donors (Lipinski definition) is 2. The van der Waals surface area contributed by atoms with Crippen molar-refractivity contribution >= 4 is 27.6 Å². The molecule has 0 aliphatic carbocycles. The van der Waals surface area contributed by atoms with E-state index in [9.17, 15) is 4.79 Å². The molecular formula is C18H21BrN2O3. The smallest absolute Gasteiger partial charge is 0.319 e. The maximum atomic E-state index is 12.0. The number of amides is 2. The van der Waals surface area contributed by atoms with Crippen molar-refractivity contribution in [3.63, 3.8) is 0 Å². The third kappa shape index (κ3) is 5.77. The van der Waals surface area contributed by atoms with Crippen LogP contribution in [0.25, 0.3) is 0 Å². The van der Waals surface area contributed by atoms with Crippen molar-refractivity contribution in [2.45, 2.75) is 20.0 Å². The third-order valence-electron chi connectivity index (χ3n) is 2.98. The number of rotatable bonds is 7. The average molecular weight is 393 g/mol. The number of anilines is 1. The molecule has 2 amide bonds. The Kier molecular flexibility index (Phi) is 6.93. The summed E-state index contributed by atoms with van der Waals surface area (Å²) in [5.41, 5.74) is 0.635. The van der Waals surface area contributed by atoms with Crippen LogP contribution in [0.3, 0.4) is 0 Å². The fourth-order valence-electron chi connectivity index (χ4n) is 1.98. The van der Waals surface area contributed by atoms with Crippen LogP contribution in [-0.4, -0.2) is 25.3 Å². The molecule has 0 aliphatic heterocycles. The zero-order chi connectivity index (χ0) is 17.4. The van der Waals surface area contributed by atoms with E-state index in [4.69, 9.17) is 9.47 Å². The number of carbonyl (C=O) groups excluding carboxylic acids is 1. The van der Waals surface area contributed by atoms with Crippen molar-refractivity contribution < 1.29 is 14.3 Å². The van der Waals surface area contributed by atoms with Gasteiger partial charge in [-0.1, -0.05) is 24.3 Å². The monoisotopic (exact) mass is 392 g/mol.